The maximum Gasteiger partial charge on any atom is 0.349 e. The fourth-order valence-corrected chi connectivity index (χ4v) is 4.11. The smallest absolute Gasteiger partial charge is 0.349 e. The summed E-state index contributed by atoms with van der Waals surface area (Å²) in [5, 5.41) is 4.39. The molecular weight excluding hydrogens is 399 g/mol. The van der Waals surface area contributed by atoms with E-state index in [0.29, 0.717) is 21.3 Å². The third-order valence-corrected chi connectivity index (χ3v) is 6.25. The quantitative estimate of drug-likeness (QED) is 0.746. The fraction of sp³-hybridized carbons (Fsp3) is 0.438. The van der Waals surface area contributed by atoms with Gasteiger partial charge in [-0.05, 0) is 19.8 Å². The van der Waals surface area contributed by atoms with Crippen LogP contribution in [0.15, 0.2) is 6.20 Å². The van der Waals surface area contributed by atoms with Crippen molar-refractivity contribution in [2.24, 2.45) is 0 Å². The largest absolute Gasteiger partial charge is 0.465 e. The van der Waals surface area contributed by atoms with Gasteiger partial charge in [-0.25, -0.2) is 9.78 Å². The number of piperidine rings is 1. The van der Waals surface area contributed by atoms with Gasteiger partial charge in [0, 0.05) is 24.8 Å². The summed E-state index contributed by atoms with van der Waals surface area (Å²) in [4.78, 5) is 33.7. The van der Waals surface area contributed by atoms with Crippen LogP contribution in [0.5, 0.6) is 0 Å². The summed E-state index contributed by atoms with van der Waals surface area (Å²) in [6, 6.07) is 0.0391. The normalized spacial score (nSPS) is 15.2. The molecule has 0 bridgehead atoms. The molecule has 1 aliphatic heterocycles. The van der Waals surface area contributed by atoms with Gasteiger partial charge in [0.15, 0.2) is 5.13 Å². The molecule has 2 N–H and O–H groups in total. The monoisotopic (exact) mass is 416 g/mol. The molecule has 2 aromatic heterocycles. The Kier molecular flexibility index (Phi) is 5.74. The number of aromatic nitrogens is 2. The fourth-order valence-electron chi connectivity index (χ4n) is 2.81. The average Bonchev–Trinajstić information content (AvgIpc) is 3.23. The lowest BCUT2D eigenvalue weighted by molar-refractivity contribution is 0.0606. The van der Waals surface area contributed by atoms with Crippen molar-refractivity contribution >= 4 is 51.5 Å². The summed E-state index contributed by atoms with van der Waals surface area (Å²) < 4.78 is 4.70. The number of nitrogens with one attached hydrogen (secondary N) is 2. The molecule has 0 radical (unpaired) electrons. The van der Waals surface area contributed by atoms with E-state index < -0.39 is 0 Å². The topological polar surface area (TPSA) is 87.3 Å². The van der Waals surface area contributed by atoms with Gasteiger partial charge < -0.3 is 19.9 Å². The van der Waals surface area contributed by atoms with E-state index in [1.165, 1.54) is 24.6 Å². The third-order valence-electron chi connectivity index (χ3n) is 4.26. The second-order valence-corrected chi connectivity index (χ2v) is 7.75. The highest BCUT2D eigenvalue weighted by atomic mass is 35.5. The number of hydrogen-bond acceptors (Lipinski definition) is 6. The Labute approximate surface area is 164 Å². The Morgan fingerprint density at radius 3 is 2.62 bits per heavy atom. The van der Waals surface area contributed by atoms with Crippen molar-refractivity contribution in [1.29, 1.82) is 0 Å². The first-order valence-corrected chi connectivity index (χ1v) is 9.61. The van der Waals surface area contributed by atoms with E-state index in [-0.39, 0.29) is 22.9 Å². The molecule has 0 unspecified atom stereocenters. The molecule has 1 amide bonds. The van der Waals surface area contributed by atoms with E-state index in [9.17, 15) is 9.59 Å². The number of thiazole rings is 1. The Hall–Kier alpha value is -1.77. The van der Waals surface area contributed by atoms with Crippen LogP contribution in [-0.4, -0.2) is 48.1 Å². The molecule has 10 heteroatoms. The number of esters is 1. The second kappa shape index (κ2) is 7.85. The summed E-state index contributed by atoms with van der Waals surface area (Å²) in [6.45, 7) is 3.23. The van der Waals surface area contributed by atoms with Crippen molar-refractivity contribution in [1.82, 2.24) is 15.3 Å². The van der Waals surface area contributed by atoms with Crippen LogP contribution in [0.4, 0.5) is 5.13 Å². The van der Waals surface area contributed by atoms with Crippen LogP contribution in [0.3, 0.4) is 0 Å². The Morgan fingerprint density at radius 2 is 2.04 bits per heavy atom. The molecule has 26 heavy (non-hydrogen) atoms. The van der Waals surface area contributed by atoms with E-state index >= 15 is 0 Å². The minimum atomic E-state index is -0.382. The second-order valence-electron chi connectivity index (χ2n) is 5.99. The lowest BCUT2D eigenvalue weighted by Crippen LogP contribution is -2.44. The van der Waals surface area contributed by atoms with Crippen molar-refractivity contribution < 1.29 is 14.3 Å². The predicted octanol–water partition coefficient (Wildman–Crippen LogP) is 3.27. The molecular formula is C16H18Cl2N4O3S. The van der Waals surface area contributed by atoms with E-state index in [0.717, 1.165) is 31.1 Å². The molecule has 2 aromatic rings. The van der Waals surface area contributed by atoms with E-state index in [4.69, 9.17) is 27.9 Å². The number of carbonyl (C=O) groups is 2. The van der Waals surface area contributed by atoms with Crippen molar-refractivity contribution in [3.8, 4) is 0 Å². The Balaban J connectivity index is 1.57. The number of rotatable bonds is 4. The summed E-state index contributed by atoms with van der Waals surface area (Å²) in [6.07, 6.45) is 3.06. The Bertz CT molecular complexity index is 828. The van der Waals surface area contributed by atoms with Crippen LogP contribution < -0.4 is 10.2 Å². The van der Waals surface area contributed by atoms with Crippen LogP contribution in [-0.2, 0) is 4.74 Å². The number of aryl methyl sites for hydroxylation is 1. The van der Waals surface area contributed by atoms with Gasteiger partial charge in [-0.15, -0.1) is 0 Å². The van der Waals surface area contributed by atoms with Gasteiger partial charge in [0.1, 0.15) is 10.6 Å². The molecule has 140 valence electrons. The zero-order valence-electron chi connectivity index (χ0n) is 14.3. The van der Waals surface area contributed by atoms with E-state index in [2.05, 4.69) is 20.2 Å². The number of nitrogens with zero attached hydrogens (tertiary/aromatic N) is 2. The van der Waals surface area contributed by atoms with Crippen molar-refractivity contribution in [3.63, 3.8) is 0 Å². The summed E-state index contributed by atoms with van der Waals surface area (Å²) in [7, 11) is 1.35. The first kappa shape index (κ1) is 19.0. The number of hydrogen-bond donors (Lipinski definition) is 2. The molecule has 0 saturated carbocycles. The molecule has 1 aliphatic rings. The maximum atomic E-state index is 12.4. The lowest BCUT2D eigenvalue weighted by Gasteiger charge is -2.32. The van der Waals surface area contributed by atoms with Crippen LogP contribution in [0, 0.1) is 6.92 Å². The molecule has 0 atom stereocenters. The summed E-state index contributed by atoms with van der Waals surface area (Å²) in [5.41, 5.74) is 0.959. The third kappa shape index (κ3) is 3.82. The lowest BCUT2D eigenvalue weighted by atomic mass is 10.1. The molecule has 3 heterocycles. The van der Waals surface area contributed by atoms with Crippen molar-refractivity contribution in [3.05, 3.63) is 32.5 Å². The van der Waals surface area contributed by atoms with Crippen molar-refractivity contribution in [2.45, 2.75) is 25.8 Å². The number of aromatic amines is 1. The number of methoxy groups -OCH3 is 1. The minimum Gasteiger partial charge on any atom is -0.465 e. The van der Waals surface area contributed by atoms with Crippen LogP contribution >= 0.6 is 34.5 Å². The molecule has 1 saturated heterocycles. The van der Waals surface area contributed by atoms with Gasteiger partial charge in [-0.2, -0.15) is 0 Å². The molecule has 7 nitrogen and oxygen atoms in total. The van der Waals surface area contributed by atoms with Crippen molar-refractivity contribution in [2.75, 3.05) is 25.1 Å². The zero-order chi connectivity index (χ0) is 18.8. The van der Waals surface area contributed by atoms with E-state index in [1.807, 2.05) is 0 Å². The summed E-state index contributed by atoms with van der Waals surface area (Å²) >= 11 is 13.4. The van der Waals surface area contributed by atoms with Crippen LogP contribution in [0.1, 0.15) is 38.7 Å². The highest BCUT2D eigenvalue weighted by molar-refractivity contribution is 7.17. The number of H-pyrrole nitrogens is 1. The van der Waals surface area contributed by atoms with Gasteiger partial charge >= 0.3 is 5.97 Å². The number of halogens is 2. The average molecular weight is 417 g/mol. The van der Waals surface area contributed by atoms with Gasteiger partial charge in [0.25, 0.3) is 5.91 Å². The van der Waals surface area contributed by atoms with Gasteiger partial charge in [-0.3, -0.25) is 4.79 Å². The number of ether oxygens (including phenoxy) is 1. The molecule has 0 aliphatic carbocycles. The SMILES string of the molecule is COC(=O)c1cnc(N2CCC(NC(=O)c3[nH]c(C)c(Cl)c3Cl)CC2)s1. The van der Waals surface area contributed by atoms with Gasteiger partial charge in [0.2, 0.25) is 0 Å². The number of amides is 1. The zero-order valence-corrected chi connectivity index (χ0v) is 16.6. The predicted molar refractivity (Wildman–Crippen MR) is 102 cm³/mol. The minimum absolute atomic E-state index is 0.0391. The number of anilines is 1. The first-order chi connectivity index (χ1) is 12.4. The molecule has 1 fully saturated rings. The molecule has 3 rings (SSSR count). The van der Waals surface area contributed by atoms with Gasteiger partial charge in [0.05, 0.1) is 23.4 Å². The maximum absolute atomic E-state index is 12.4. The highest BCUT2D eigenvalue weighted by Crippen LogP contribution is 2.30. The van der Waals surface area contributed by atoms with Crippen LogP contribution in [0.25, 0.3) is 0 Å². The summed E-state index contributed by atoms with van der Waals surface area (Å²) in [5.74, 6) is -0.640. The van der Waals surface area contributed by atoms with Crippen LogP contribution in [0.2, 0.25) is 10.0 Å². The van der Waals surface area contributed by atoms with Gasteiger partial charge in [-0.1, -0.05) is 34.5 Å². The standard InChI is InChI=1S/C16H18Cl2N4O3S/c1-8-11(17)12(18)13(20-8)14(23)21-9-3-5-22(6-4-9)16-19-7-10(26-16)15(24)25-2/h7,9,20H,3-6H2,1-2H3,(H,21,23). The highest BCUT2D eigenvalue weighted by Gasteiger charge is 2.25. The first-order valence-electron chi connectivity index (χ1n) is 8.04. The Morgan fingerprint density at radius 1 is 1.35 bits per heavy atom. The molecule has 0 aromatic carbocycles. The van der Waals surface area contributed by atoms with E-state index in [1.54, 1.807) is 6.92 Å². The molecule has 0 spiro atoms. The number of carbonyl (C=O) groups excluding carboxylic acids is 2.